The topological polar surface area (TPSA) is 52.7 Å². The summed E-state index contributed by atoms with van der Waals surface area (Å²) in [6, 6.07) is 0.456. The summed E-state index contributed by atoms with van der Waals surface area (Å²) in [5, 5.41) is 3.11. The van der Waals surface area contributed by atoms with Gasteiger partial charge in [0.25, 0.3) is 0 Å². The van der Waals surface area contributed by atoms with Crippen molar-refractivity contribution in [1.29, 1.82) is 0 Å². The third-order valence-electron chi connectivity index (χ3n) is 3.79. The molecule has 0 aromatic rings. The molecule has 1 saturated heterocycles. The molecule has 1 aliphatic carbocycles. The van der Waals surface area contributed by atoms with Crippen LogP contribution in [-0.2, 0) is 4.79 Å². The Morgan fingerprint density at radius 3 is 2.28 bits per heavy atom. The number of Topliss-reactive ketones (excluding diaryl/α,β-unsaturated/α-hetero) is 1. The van der Waals surface area contributed by atoms with Crippen molar-refractivity contribution < 1.29 is 9.59 Å². The summed E-state index contributed by atoms with van der Waals surface area (Å²) in [4.78, 5) is 27.0. The van der Waals surface area contributed by atoms with Gasteiger partial charge in [0.1, 0.15) is 5.78 Å². The molecule has 2 fully saturated rings. The Kier molecular flexibility index (Phi) is 4.58. The summed E-state index contributed by atoms with van der Waals surface area (Å²) in [6.45, 7) is 5.18. The highest BCUT2D eigenvalue weighted by molar-refractivity contribution is 5.77. The largest absolute Gasteiger partial charge is 0.335 e. The van der Waals surface area contributed by atoms with E-state index in [2.05, 4.69) is 10.2 Å². The minimum atomic E-state index is 0.0735. The average Bonchev–Trinajstić information content (AvgIpc) is 2.82. The predicted molar refractivity (Wildman–Crippen MR) is 69.5 cm³/mol. The van der Waals surface area contributed by atoms with Crippen molar-refractivity contribution in [2.45, 2.75) is 38.6 Å². The van der Waals surface area contributed by atoms with Crippen LogP contribution in [0.15, 0.2) is 0 Å². The number of urea groups is 1. The Labute approximate surface area is 108 Å². The van der Waals surface area contributed by atoms with E-state index >= 15 is 0 Å². The molecule has 5 nitrogen and oxygen atoms in total. The smallest absolute Gasteiger partial charge is 0.317 e. The Bertz CT molecular complexity index is 305. The lowest BCUT2D eigenvalue weighted by Gasteiger charge is -2.34. The van der Waals surface area contributed by atoms with Gasteiger partial charge in [-0.1, -0.05) is 12.8 Å². The molecule has 1 saturated carbocycles. The minimum Gasteiger partial charge on any atom is -0.335 e. The molecule has 0 aromatic carbocycles. The molecule has 1 N–H and O–H groups in total. The Balaban J connectivity index is 1.71. The van der Waals surface area contributed by atoms with Gasteiger partial charge in [-0.3, -0.25) is 9.69 Å². The number of ketones is 1. The number of carbonyl (C=O) groups is 2. The molecule has 1 aliphatic heterocycles. The maximum absolute atomic E-state index is 12.0. The van der Waals surface area contributed by atoms with Crippen molar-refractivity contribution in [2.24, 2.45) is 0 Å². The van der Waals surface area contributed by atoms with Gasteiger partial charge >= 0.3 is 6.03 Å². The van der Waals surface area contributed by atoms with E-state index in [4.69, 9.17) is 0 Å². The SMILES string of the molecule is CC(=O)CN1CCN(C(=O)NC2CCCC2)CC1. The van der Waals surface area contributed by atoms with Gasteiger partial charge in [-0.15, -0.1) is 0 Å². The van der Waals surface area contributed by atoms with Gasteiger partial charge in [0.15, 0.2) is 0 Å². The van der Waals surface area contributed by atoms with Gasteiger partial charge < -0.3 is 10.2 Å². The fourth-order valence-corrected chi connectivity index (χ4v) is 2.76. The lowest BCUT2D eigenvalue weighted by Crippen LogP contribution is -2.53. The third kappa shape index (κ3) is 3.70. The molecule has 0 unspecified atom stereocenters. The lowest BCUT2D eigenvalue weighted by molar-refractivity contribution is -0.118. The molecule has 0 spiro atoms. The van der Waals surface area contributed by atoms with Gasteiger partial charge in [-0.2, -0.15) is 0 Å². The van der Waals surface area contributed by atoms with Crippen LogP contribution in [0.3, 0.4) is 0 Å². The van der Waals surface area contributed by atoms with Crippen molar-refractivity contribution in [2.75, 3.05) is 32.7 Å². The second-order valence-electron chi connectivity index (χ2n) is 5.40. The number of amides is 2. The fraction of sp³-hybridized carbons (Fsp3) is 0.846. The molecule has 0 atom stereocenters. The Morgan fingerprint density at radius 2 is 1.72 bits per heavy atom. The molecule has 0 aromatic heterocycles. The third-order valence-corrected chi connectivity index (χ3v) is 3.79. The van der Waals surface area contributed by atoms with Crippen LogP contribution in [0.5, 0.6) is 0 Å². The first-order valence-electron chi connectivity index (χ1n) is 6.92. The van der Waals surface area contributed by atoms with Crippen LogP contribution >= 0.6 is 0 Å². The average molecular weight is 253 g/mol. The first-order chi connectivity index (χ1) is 8.65. The molecule has 5 heteroatoms. The summed E-state index contributed by atoms with van der Waals surface area (Å²) in [5.74, 6) is 0.193. The number of nitrogens with zero attached hydrogens (tertiary/aromatic N) is 2. The molecule has 18 heavy (non-hydrogen) atoms. The fourth-order valence-electron chi connectivity index (χ4n) is 2.76. The quantitative estimate of drug-likeness (QED) is 0.811. The summed E-state index contributed by atoms with van der Waals surface area (Å²) >= 11 is 0. The summed E-state index contributed by atoms with van der Waals surface area (Å²) < 4.78 is 0. The van der Waals surface area contributed by atoms with Crippen LogP contribution in [0.4, 0.5) is 4.79 Å². The maximum atomic E-state index is 12.0. The zero-order chi connectivity index (χ0) is 13.0. The first-order valence-corrected chi connectivity index (χ1v) is 6.92. The van der Waals surface area contributed by atoms with E-state index in [-0.39, 0.29) is 11.8 Å². The first kappa shape index (κ1) is 13.3. The van der Waals surface area contributed by atoms with E-state index in [0.29, 0.717) is 12.6 Å². The van der Waals surface area contributed by atoms with E-state index in [1.165, 1.54) is 12.8 Å². The highest BCUT2D eigenvalue weighted by Gasteiger charge is 2.24. The van der Waals surface area contributed by atoms with Crippen LogP contribution in [0.2, 0.25) is 0 Å². The molecule has 2 aliphatic rings. The highest BCUT2D eigenvalue weighted by Crippen LogP contribution is 2.18. The van der Waals surface area contributed by atoms with Gasteiger partial charge in [-0.05, 0) is 19.8 Å². The van der Waals surface area contributed by atoms with E-state index in [0.717, 1.165) is 39.0 Å². The molecule has 2 amide bonds. The normalized spacial score (nSPS) is 22.2. The molecule has 102 valence electrons. The zero-order valence-electron chi connectivity index (χ0n) is 11.2. The second kappa shape index (κ2) is 6.18. The molecule has 1 heterocycles. The van der Waals surface area contributed by atoms with E-state index in [1.54, 1.807) is 6.92 Å². The summed E-state index contributed by atoms with van der Waals surface area (Å²) in [7, 11) is 0. The van der Waals surface area contributed by atoms with Crippen LogP contribution < -0.4 is 5.32 Å². The number of nitrogens with one attached hydrogen (secondary N) is 1. The molecular weight excluding hydrogens is 230 g/mol. The van der Waals surface area contributed by atoms with E-state index in [9.17, 15) is 9.59 Å². The molecule has 0 radical (unpaired) electrons. The van der Waals surface area contributed by atoms with Crippen molar-refractivity contribution >= 4 is 11.8 Å². The van der Waals surface area contributed by atoms with Gasteiger partial charge in [-0.25, -0.2) is 4.79 Å². The minimum absolute atomic E-state index is 0.0735. The van der Waals surface area contributed by atoms with Gasteiger partial charge in [0.05, 0.1) is 6.54 Å². The molecule has 2 rings (SSSR count). The standard InChI is InChI=1S/C13H23N3O2/c1-11(17)10-15-6-8-16(9-7-15)13(18)14-12-4-2-3-5-12/h12H,2-10H2,1H3,(H,14,18). The number of carbonyl (C=O) groups excluding carboxylic acids is 2. The van der Waals surface area contributed by atoms with E-state index < -0.39 is 0 Å². The number of piperazine rings is 1. The highest BCUT2D eigenvalue weighted by atomic mass is 16.2. The van der Waals surface area contributed by atoms with Gasteiger partial charge in [0, 0.05) is 32.2 Å². The number of rotatable bonds is 3. The van der Waals surface area contributed by atoms with E-state index in [1.807, 2.05) is 4.90 Å². The summed E-state index contributed by atoms with van der Waals surface area (Å²) in [6.07, 6.45) is 4.71. The Hall–Kier alpha value is -1.10. The monoisotopic (exact) mass is 253 g/mol. The number of hydrogen-bond donors (Lipinski definition) is 1. The number of hydrogen-bond acceptors (Lipinski definition) is 3. The Morgan fingerprint density at radius 1 is 1.11 bits per heavy atom. The van der Waals surface area contributed by atoms with Crippen LogP contribution in [0.1, 0.15) is 32.6 Å². The molecular formula is C13H23N3O2. The summed E-state index contributed by atoms with van der Waals surface area (Å²) in [5.41, 5.74) is 0. The van der Waals surface area contributed by atoms with Crippen LogP contribution in [0.25, 0.3) is 0 Å². The van der Waals surface area contributed by atoms with Crippen molar-refractivity contribution in [3.63, 3.8) is 0 Å². The lowest BCUT2D eigenvalue weighted by atomic mass is 10.2. The predicted octanol–water partition coefficient (Wildman–Crippen LogP) is 0.845. The van der Waals surface area contributed by atoms with Crippen molar-refractivity contribution in [3.8, 4) is 0 Å². The van der Waals surface area contributed by atoms with Gasteiger partial charge in [0.2, 0.25) is 0 Å². The van der Waals surface area contributed by atoms with Crippen molar-refractivity contribution in [1.82, 2.24) is 15.1 Å². The van der Waals surface area contributed by atoms with Crippen molar-refractivity contribution in [3.05, 3.63) is 0 Å². The maximum Gasteiger partial charge on any atom is 0.317 e. The molecule has 0 bridgehead atoms. The zero-order valence-corrected chi connectivity index (χ0v) is 11.2. The second-order valence-corrected chi connectivity index (χ2v) is 5.40. The van der Waals surface area contributed by atoms with Crippen LogP contribution in [0, 0.1) is 0 Å². The van der Waals surface area contributed by atoms with Crippen LogP contribution in [-0.4, -0.2) is 60.4 Å².